The summed E-state index contributed by atoms with van der Waals surface area (Å²) in [5.41, 5.74) is 0.735. The summed E-state index contributed by atoms with van der Waals surface area (Å²) >= 11 is 1.38. The number of ether oxygens (including phenoxy) is 1. The van der Waals surface area contributed by atoms with Crippen molar-refractivity contribution in [3.8, 4) is 5.75 Å². The third-order valence-corrected chi connectivity index (χ3v) is 3.64. The van der Waals surface area contributed by atoms with Crippen LogP contribution in [0.1, 0.15) is 11.7 Å². The van der Waals surface area contributed by atoms with Gasteiger partial charge in [-0.1, -0.05) is 0 Å². The van der Waals surface area contributed by atoms with Crippen molar-refractivity contribution < 1.29 is 32.6 Å². The second-order valence-corrected chi connectivity index (χ2v) is 5.59. The van der Waals surface area contributed by atoms with Crippen LogP contribution in [0.2, 0.25) is 0 Å². The van der Waals surface area contributed by atoms with E-state index >= 15 is 0 Å². The van der Waals surface area contributed by atoms with Gasteiger partial charge in [-0.05, 0) is 46.7 Å². The molecule has 2 aromatic rings. The monoisotopic (exact) mass is 374 g/mol. The maximum absolute atomic E-state index is 12.0. The van der Waals surface area contributed by atoms with Gasteiger partial charge >= 0.3 is 18.2 Å². The number of halogens is 3. The highest BCUT2D eigenvalue weighted by molar-refractivity contribution is 7.07. The maximum Gasteiger partial charge on any atom is 0.573 e. The van der Waals surface area contributed by atoms with Crippen LogP contribution < -0.4 is 15.4 Å². The standard InChI is InChI=1S/C15H13F3N2O4S/c16-15(17,18)24-11-3-1-10(2-4-11)20-14(23)13(22)19-7-12(21)9-5-6-25-8-9/h1-6,8,12,21H,7H2,(H,19,22)(H,20,23)/t12-/m0/s1. The lowest BCUT2D eigenvalue weighted by Gasteiger charge is -2.11. The van der Waals surface area contributed by atoms with E-state index in [1.807, 2.05) is 0 Å². The van der Waals surface area contributed by atoms with Crippen molar-refractivity contribution in [1.29, 1.82) is 0 Å². The Bertz CT molecular complexity index is 717. The number of nitrogens with one attached hydrogen (secondary N) is 2. The molecule has 6 nitrogen and oxygen atoms in total. The van der Waals surface area contributed by atoms with E-state index in [1.54, 1.807) is 16.8 Å². The van der Waals surface area contributed by atoms with Crippen molar-refractivity contribution in [2.24, 2.45) is 0 Å². The van der Waals surface area contributed by atoms with Gasteiger partial charge in [0.25, 0.3) is 0 Å². The molecule has 0 saturated heterocycles. The van der Waals surface area contributed by atoms with Gasteiger partial charge < -0.3 is 20.5 Å². The molecule has 0 bridgehead atoms. The fourth-order valence-corrected chi connectivity index (χ4v) is 2.49. The number of benzene rings is 1. The third-order valence-electron chi connectivity index (χ3n) is 2.94. The minimum absolute atomic E-state index is 0.119. The van der Waals surface area contributed by atoms with E-state index in [-0.39, 0.29) is 12.2 Å². The van der Waals surface area contributed by atoms with Crippen molar-refractivity contribution in [3.05, 3.63) is 46.7 Å². The fraction of sp³-hybridized carbons (Fsp3) is 0.200. The molecule has 1 heterocycles. The summed E-state index contributed by atoms with van der Waals surface area (Å²) in [6.07, 6.45) is -5.75. The number of hydrogen-bond donors (Lipinski definition) is 3. The van der Waals surface area contributed by atoms with E-state index in [1.165, 1.54) is 11.3 Å². The molecule has 1 atom stereocenters. The van der Waals surface area contributed by atoms with E-state index in [0.717, 1.165) is 24.3 Å². The van der Waals surface area contributed by atoms with Crippen molar-refractivity contribution in [3.63, 3.8) is 0 Å². The van der Waals surface area contributed by atoms with E-state index in [4.69, 9.17) is 0 Å². The number of thiophene rings is 1. The topological polar surface area (TPSA) is 87.7 Å². The number of carbonyl (C=O) groups is 2. The summed E-state index contributed by atoms with van der Waals surface area (Å²) in [7, 11) is 0. The van der Waals surface area contributed by atoms with Crippen molar-refractivity contribution in [2.45, 2.75) is 12.5 Å². The Balaban J connectivity index is 1.83. The number of hydrogen-bond acceptors (Lipinski definition) is 5. The van der Waals surface area contributed by atoms with Crippen molar-refractivity contribution in [1.82, 2.24) is 5.32 Å². The van der Waals surface area contributed by atoms with Crippen LogP contribution in [0.5, 0.6) is 5.75 Å². The number of rotatable bonds is 5. The zero-order chi connectivity index (χ0) is 18.4. The van der Waals surface area contributed by atoms with Gasteiger partial charge in [0.1, 0.15) is 5.75 Å². The quantitative estimate of drug-likeness (QED) is 0.702. The van der Waals surface area contributed by atoms with Crippen LogP contribution in [0.25, 0.3) is 0 Å². The zero-order valence-electron chi connectivity index (χ0n) is 12.5. The third kappa shape index (κ3) is 6.08. The van der Waals surface area contributed by atoms with Crippen LogP contribution >= 0.6 is 11.3 Å². The van der Waals surface area contributed by atoms with Crippen LogP contribution in [0.4, 0.5) is 18.9 Å². The second-order valence-electron chi connectivity index (χ2n) is 4.81. The second kappa shape index (κ2) is 7.99. The molecule has 0 unspecified atom stereocenters. The molecular weight excluding hydrogens is 361 g/mol. The van der Waals surface area contributed by atoms with Gasteiger partial charge in [0, 0.05) is 12.2 Å². The minimum Gasteiger partial charge on any atom is -0.406 e. The predicted molar refractivity (Wildman–Crippen MR) is 84.0 cm³/mol. The van der Waals surface area contributed by atoms with Crippen molar-refractivity contribution >= 4 is 28.8 Å². The van der Waals surface area contributed by atoms with Gasteiger partial charge in [-0.15, -0.1) is 13.2 Å². The largest absolute Gasteiger partial charge is 0.573 e. The minimum atomic E-state index is -4.81. The molecule has 0 aliphatic carbocycles. The van der Waals surface area contributed by atoms with Gasteiger partial charge in [-0.3, -0.25) is 9.59 Å². The van der Waals surface area contributed by atoms with Gasteiger partial charge in [0.15, 0.2) is 0 Å². The van der Waals surface area contributed by atoms with E-state index in [9.17, 15) is 27.9 Å². The summed E-state index contributed by atoms with van der Waals surface area (Å²) < 4.78 is 39.8. The summed E-state index contributed by atoms with van der Waals surface area (Å²) in [6, 6.07) is 6.01. The van der Waals surface area contributed by atoms with Crippen LogP contribution in [0.15, 0.2) is 41.1 Å². The van der Waals surface area contributed by atoms with E-state index < -0.39 is 30.0 Å². The highest BCUT2D eigenvalue weighted by atomic mass is 32.1. The maximum atomic E-state index is 12.0. The smallest absolute Gasteiger partial charge is 0.406 e. The Labute approximate surface area is 144 Å². The Morgan fingerprint density at radius 3 is 2.40 bits per heavy atom. The Morgan fingerprint density at radius 2 is 1.84 bits per heavy atom. The Kier molecular flexibility index (Phi) is 5.99. The average molecular weight is 374 g/mol. The van der Waals surface area contributed by atoms with E-state index in [2.05, 4.69) is 15.4 Å². The van der Waals surface area contributed by atoms with Crippen LogP contribution in [-0.2, 0) is 9.59 Å². The molecule has 0 spiro atoms. The number of alkyl halides is 3. The SMILES string of the molecule is O=C(NC[C@H](O)c1ccsc1)C(=O)Nc1ccc(OC(F)(F)F)cc1. The van der Waals surface area contributed by atoms with Crippen LogP contribution in [0, 0.1) is 0 Å². The molecule has 0 aliphatic rings. The molecular formula is C15H13F3N2O4S. The number of carbonyl (C=O) groups excluding carboxylic acids is 2. The molecule has 1 aromatic heterocycles. The molecule has 2 rings (SSSR count). The molecule has 0 saturated carbocycles. The van der Waals surface area contributed by atoms with Gasteiger partial charge in [0.05, 0.1) is 6.10 Å². The molecule has 134 valence electrons. The summed E-state index contributed by atoms with van der Waals surface area (Å²) in [5, 5.41) is 17.8. The molecule has 2 amide bonds. The molecule has 1 aromatic carbocycles. The van der Waals surface area contributed by atoms with Gasteiger partial charge in [-0.2, -0.15) is 11.3 Å². The van der Waals surface area contributed by atoms with Gasteiger partial charge in [0.2, 0.25) is 0 Å². The first-order valence-electron chi connectivity index (χ1n) is 6.90. The number of anilines is 1. The molecule has 10 heteroatoms. The number of amides is 2. The lowest BCUT2D eigenvalue weighted by atomic mass is 10.2. The molecule has 25 heavy (non-hydrogen) atoms. The molecule has 0 radical (unpaired) electrons. The first kappa shape index (κ1) is 18.7. The summed E-state index contributed by atoms with van der Waals surface area (Å²) in [6.45, 7) is -0.151. The summed E-state index contributed by atoms with van der Waals surface area (Å²) in [4.78, 5) is 23.4. The average Bonchev–Trinajstić information content (AvgIpc) is 3.07. The predicted octanol–water partition coefficient (Wildman–Crippen LogP) is 2.44. The Morgan fingerprint density at radius 1 is 1.16 bits per heavy atom. The van der Waals surface area contributed by atoms with E-state index in [0.29, 0.717) is 5.56 Å². The first-order chi connectivity index (χ1) is 11.7. The number of aliphatic hydroxyl groups excluding tert-OH is 1. The van der Waals surface area contributed by atoms with Crippen LogP contribution in [-0.4, -0.2) is 29.8 Å². The number of aliphatic hydroxyl groups is 1. The zero-order valence-corrected chi connectivity index (χ0v) is 13.4. The lowest BCUT2D eigenvalue weighted by molar-refractivity contribution is -0.274. The van der Waals surface area contributed by atoms with Gasteiger partial charge in [-0.25, -0.2) is 0 Å². The molecule has 0 fully saturated rings. The highest BCUT2D eigenvalue weighted by Gasteiger charge is 2.31. The van der Waals surface area contributed by atoms with Crippen molar-refractivity contribution in [2.75, 3.05) is 11.9 Å². The Hall–Kier alpha value is -2.59. The molecule has 3 N–H and O–H groups in total. The highest BCUT2D eigenvalue weighted by Crippen LogP contribution is 2.23. The van der Waals surface area contributed by atoms with Crippen LogP contribution in [0.3, 0.4) is 0 Å². The normalized spacial score (nSPS) is 12.3. The fourth-order valence-electron chi connectivity index (χ4n) is 1.78. The lowest BCUT2D eigenvalue weighted by Crippen LogP contribution is -2.37. The first-order valence-corrected chi connectivity index (χ1v) is 7.84. The summed E-state index contributed by atoms with van der Waals surface area (Å²) in [5.74, 6) is -2.44. The molecule has 0 aliphatic heterocycles.